The smallest absolute Gasteiger partial charge is 0.107 e. The van der Waals surface area contributed by atoms with Gasteiger partial charge in [-0.3, -0.25) is 4.98 Å². The maximum absolute atomic E-state index is 8.86. The van der Waals surface area contributed by atoms with E-state index in [2.05, 4.69) is 21.0 Å². The van der Waals surface area contributed by atoms with Gasteiger partial charge in [0.1, 0.15) is 5.82 Å². The number of imidazole rings is 1. The maximum Gasteiger partial charge on any atom is 0.107 e. The van der Waals surface area contributed by atoms with Crippen LogP contribution >= 0.6 is 0 Å². The molecule has 0 spiro atoms. The predicted molar refractivity (Wildman–Crippen MR) is 72.5 cm³/mol. The average molecular weight is 248 g/mol. The number of hydrogen-bond donors (Lipinski definition) is 1. The van der Waals surface area contributed by atoms with Crippen LogP contribution in [0.2, 0.25) is 0 Å². The fourth-order valence-corrected chi connectivity index (χ4v) is 2.04. The number of H-pyrrole nitrogens is 1. The average Bonchev–Trinajstić information content (AvgIpc) is 2.88. The monoisotopic (exact) mass is 248 g/mol. The summed E-state index contributed by atoms with van der Waals surface area (Å²) >= 11 is 0. The van der Waals surface area contributed by atoms with Crippen LogP contribution in [0.3, 0.4) is 0 Å². The molecule has 1 aromatic carbocycles. The number of hydrogen-bond acceptors (Lipinski definition) is 3. The van der Waals surface area contributed by atoms with Gasteiger partial charge >= 0.3 is 0 Å². The number of aryl methyl sites for hydroxylation is 2. The van der Waals surface area contributed by atoms with Crippen molar-refractivity contribution in [2.45, 2.75) is 12.8 Å². The van der Waals surface area contributed by atoms with Gasteiger partial charge in [0.2, 0.25) is 0 Å². The fourth-order valence-electron chi connectivity index (χ4n) is 2.04. The van der Waals surface area contributed by atoms with Gasteiger partial charge in [-0.05, 0) is 36.8 Å². The second-order valence-corrected chi connectivity index (χ2v) is 4.35. The zero-order valence-electron chi connectivity index (χ0n) is 10.3. The zero-order chi connectivity index (χ0) is 13.1. The van der Waals surface area contributed by atoms with Crippen LogP contribution in [0.25, 0.3) is 11.0 Å². The van der Waals surface area contributed by atoms with Gasteiger partial charge in [-0.2, -0.15) is 5.26 Å². The Labute approximate surface area is 110 Å². The Bertz CT molecular complexity index is 738. The van der Waals surface area contributed by atoms with Crippen molar-refractivity contribution in [3.63, 3.8) is 0 Å². The Morgan fingerprint density at radius 3 is 2.89 bits per heavy atom. The summed E-state index contributed by atoms with van der Waals surface area (Å²) < 4.78 is 0. The van der Waals surface area contributed by atoms with Crippen LogP contribution in [0.15, 0.2) is 42.6 Å². The molecule has 4 heteroatoms. The van der Waals surface area contributed by atoms with E-state index in [4.69, 9.17) is 5.26 Å². The van der Waals surface area contributed by atoms with Crippen molar-refractivity contribution in [2.24, 2.45) is 0 Å². The maximum atomic E-state index is 8.86. The minimum absolute atomic E-state index is 0.646. The van der Waals surface area contributed by atoms with Crippen molar-refractivity contribution in [3.05, 3.63) is 59.7 Å². The van der Waals surface area contributed by atoms with Gasteiger partial charge in [-0.15, -0.1) is 0 Å². The van der Waals surface area contributed by atoms with Crippen LogP contribution in [-0.4, -0.2) is 15.0 Å². The van der Waals surface area contributed by atoms with Crippen molar-refractivity contribution in [1.82, 2.24) is 15.0 Å². The standard InChI is InChI=1S/C15H12N4/c16-10-11-4-6-13-14(9-11)19-15(18-13)7-5-12-3-1-2-8-17-12/h1-4,6,8-9H,5,7H2,(H,18,19). The van der Waals surface area contributed by atoms with Crippen LogP contribution < -0.4 is 0 Å². The summed E-state index contributed by atoms with van der Waals surface area (Å²) in [6.45, 7) is 0. The topological polar surface area (TPSA) is 65.4 Å². The molecule has 3 aromatic rings. The van der Waals surface area contributed by atoms with E-state index in [1.54, 1.807) is 12.3 Å². The van der Waals surface area contributed by atoms with Gasteiger partial charge in [-0.1, -0.05) is 6.07 Å². The molecule has 0 unspecified atom stereocenters. The number of nitriles is 1. The van der Waals surface area contributed by atoms with E-state index in [9.17, 15) is 0 Å². The zero-order valence-corrected chi connectivity index (χ0v) is 10.3. The number of aromatic nitrogens is 3. The quantitative estimate of drug-likeness (QED) is 0.774. The lowest BCUT2D eigenvalue weighted by molar-refractivity contribution is 0.861. The molecule has 0 saturated heterocycles. The molecule has 2 heterocycles. The second-order valence-electron chi connectivity index (χ2n) is 4.35. The molecule has 0 radical (unpaired) electrons. The highest BCUT2D eigenvalue weighted by Crippen LogP contribution is 2.14. The highest BCUT2D eigenvalue weighted by molar-refractivity contribution is 5.76. The molecule has 0 amide bonds. The molecule has 0 aliphatic heterocycles. The minimum atomic E-state index is 0.646. The first-order valence-corrected chi connectivity index (χ1v) is 6.14. The van der Waals surface area contributed by atoms with Crippen molar-refractivity contribution >= 4 is 11.0 Å². The largest absolute Gasteiger partial charge is 0.342 e. The summed E-state index contributed by atoms with van der Waals surface area (Å²) in [4.78, 5) is 12.1. The Balaban J connectivity index is 1.80. The van der Waals surface area contributed by atoms with E-state index in [-0.39, 0.29) is 0 Å². The van der Waals surface area contributed by atoms with Crippen LogP contribution in [0.1, 0.15) is 17.1 Å². The van der Waals surface area contributed by atoms with Gasteiger partial charge in [0.05, 0.1) is 22.7 Å². The number of nitrogens with one attached hydrogen (secondary N) is 1. The van der Waals surface area contributed by atoms with E-state index >= 15 is 0 Å². The summed E-state index contributed by atoms with van der Waals surface area (Å²) in [5.74, 6) is 0.927. The molecule has 0 fully saturated rings. The van der Waals surface area contributed by atoms with Crippen LogP contribution in [-0.2, 0) is 12.8 Å². The van der Waals surface area contributed by atoms with Crippen molar-refractivity contribution < 1.29 is 0 Å². The summed E-state index contributed by atoms with van der Waals surface area (Å²) in [7, 11) is 0. The van der Waals surface area contributed by atoms with Crippen LogP contribution in [0, 0.1) is 11.3 Å². The summed E-state index contributed by atoms with van der Waals surface area (Å²) in [6.07, 6.45) is 3.46. The molecule has 3 rings (SSSR count). The molecule has 0 saturated carbocycles. The Morgan fingerprint density at radius 1 is 1.16 bits per heavy atom. The number of rotatable bonds is 3. The van der Waals surface area contributed by atoms with E-state index < -0.39 is 0 Å². The van der Waals surface area contributed by atoms with Crippen molar-refractivity contribution in [1.29, 1.82) is 5.26 Å². The van der Waals surface area contributed by atoms with Gasteiger partial charge in [-0.25, -0.2) is 4.98 Å². The highest BCUT2D eigenvalue weighted by Gasteiger charge is 2.04. The first-order valence-electron chi connectivity index (χ1n) is 6.14. The van der Waals surface area contributed by atoms with Gasteiger partial charge < -0.3 is 4.98 Å². The molecule has 4 nitrogen and oxygen atoms in total. The lowest BCUT2D eigenvalue weighted by Gasteiger charge is -1.96. The Kier molecular flexibility index (Phi) is 2.95. The fraction of sp³-hybridized carbons (Fsp3) is 0.133. The third kappa shape index (κ3) is 2.45. The Morgan fingerprint density at radius 2 is 2.11 bits per heavy atom. The van der Waals surface area contributed by atoms with Crippen LogP contribution in [0.4, 0.5) is 0 Å². The molecular weight excluding hydrogens is 236 g/mol. The lowest BCUT2D eigenvalue weighted by Crippen LogP contribution is -1.95. The summed E-state index contributed by atoms with van der Waals surface area (Å²) in [5, 5.41) is 8.86. The molecule has 0 aliphatic carbocycles. The summed E-state index contributed by atoms with van der Waals surface area (Å²) in [5.41, 5.74) is 3.51. The normalized spacial score (nSPS) is 10.5. The molecule has 0 atom stereocenters. The molecule has 0 aliphatic rings. The molecule has 19 heavy (non-hydrogen) atoms. The molecular formula is C15H12N4. The minimum Gasteiger partial charge on any atom is -0.342 e. The first-order chi connectivity index (χ1) is 9.35. The van der Waals surface area contributed by atoms with E-state index in [1.807, 2.05) is 30.3 Å². The highest BCUT2D eigenvalue weighted by atomic mass is 14.9. The number of pyridine rings is 1. The summed E-state index contributed by atoms with van der Waals surface area (Å²) in [6, 6.07) is 13.5. The van der Waals surface area contributed by atoms with E-state index in [0.29, 0.717) is 5.56 Å². The van der Waals surface area contributed by atoms with E-state index in [0.717, 1.165) is 35.4 Å². The number of fused-ring (bicyclic) bond motifs is 1. The van der Waals surface area contributed by atoms with Crippen molar-refractivity contribution in [2.75, 3.05) is 0 Å². The number of aromatic amines is 1. The number of benzene rings is 1. The van der Waals surface area contributed by atoms with Gasteiger partial charge in [0, 0.05) is 18.3 Å². The molecule has 0 bridgehead atoms. The Hall–Kier alpha value is -2.67. The molecule has 2 aromatic heterocycles. The molecule has 1 N–H and O–H groups in total. The van der Waals surface area contributed by atoms with Gasteiger partial charge in [0.25, 0.3) is 0 Å². The SMILES string of the molecule is N#Cc1ccc2nc(CCc3ccccn3)[nH]c2c1. The first kappa shape index (κ1) is 11.4. The van der Waals surface area contributed by atoms with Crippen molar-refractivity contribution in [3.8, 4) is 6.07 Å². The lowest BCUT2D eigenvalue weighted by atomic mass is 10.2. The van der Waals surface area contributed by atoms with E-state index in [1.165, 1.54) is 0 Å². The second kappa shape index (κ2) is 4.91. The predicted octanol–water partition coefficient (Wildman–Crippen LogP) is 2.61. The van der Waals surface area contributed by atoms with Crippen LogP contribution in [0.5, 0.6) is 0 Å². The third-order valence-electron chi connectivity index (χ3n) is 3.00. The van der Waals surface area contributed by atoms with Gasteiger partial charge in [0.15, 0.2) is 0 Å². The molecule has 92 valence electrons. The number of nitrogens with zero attached hydrogens (tertiary/aromatic N) is 3. The third-order valence-corrected chi connectivity index (χ3v) is 3.00.